The van der Waals surface area contributed by atoms with Crippen molar-refractivity contribution in [1.29, 1.82) is 0 Å². The monoisotopic (exact) mass is 384 g/mol. The normalized spacial score (nSPS) is 12.2. The van der Waals surface area contributed by atoms with Crippen molar-refractivity contribution in [3.05, 3.63) is 96.4 Å². The Morgan fingerprint density at radius 2 is 1.32 bits per heavy atom. The van der Waals surface area contributed by atoms with Gasteiger partial charge in [0, 0.05) is 16.0 Å². The Bertz CT molecular complexity index is 1280. The van der Waals surface area contributed by atoms with Crippen LogP contribution in [-0.4, -0.2) is 9.32 Å². The lowest BCUT2D eigenvalue weighted by Crippen LogP contribution is -2.00. The lowest BCUT2D eigenvalue weighted by molar-refractivity contribution is 0.478. The molecule has 0 bridgehead atoms. The molecule has 0 saturated carbocycles. The molecule has 1 N–H and O–H groups in total. The van der Waals surface area contributed by atoms with Crippen LogP contribution in [0, 0.1) is 0 Å². The first-order valence-corrected chi connectivity index (χ1v) is 10.1. The van der Waals surface area contributed by atoms with E-state index < -0.39 is 10.8 Å². The highest BCUT2D eigenvalue weighted by atomic mass is 32.2. The standard InChI is InChI=1S/C25H20O2S/c1-16(2)17(3)28(27)23-15-13-19-9-5-7-11-21(19)25(23)24-20-10-6-4-8-18(20)12-14-22(24)26/h4-15,26H,1,3H2,2H3. The molecule has 138 valence electrons. The Morgan fingerprint density at radius 1 is 0.786 bits per heavy atom. The van der Waals surface area contributed by atoms with Crippen molar-refractivity contribution in [3.8, 4) is 16.9 Å². The molecule has 3 heteroatoms. The zero-order valence-corrected chi connectivity index (χ0v) is 16.4. The molecule has 0 radical (unpaired) electrons. The number of phenols is 1. The average Bonchev–Trinajstić information content (AvgIpc) is 2.72. The molecule has 1 unspecified atom stereocenters. The van der Waals surface area contributed by atoms with Crippen LogP contribution in [-0.2, 0) is 10.8 Å². The van der Waals surface area contributed by atoms with Crippen molar-refractivity contribution in [2.75, 3.05) is 0 Å². The van der Waals surface area contributed by atoms with Crippen LogP contribution in [0.3, 0.4) is 0 Å². The number of benzene rings is 4. The van der Waals surface area contributed by atoms with Crippen molar-refractivity contribution in [2.45, 2.75) is 11.8 Å². The smallest absolute Gasteiger partial charge is 0.124 e. The molecule has 28 heavy (non-hydrogen) atoms. The van der Waals surface area contributed by atoms with Crippen LogP contribution >= 0.6 is 0 Å². The van der Waals surface area contributed by atoms with E-state index >= 15 is 0 Å². The quantitative estimate of drug-likeness (QED) is 0.404. The summed E-state index contributed by atoms with van der Waals surface area (Å²) < 4.78 is 13.3. The van der Waals surface area contributed by atoms with Crippen LogP contribution in [0.15, 0.2) is 101 Å². The Hall–Kier alpha value is -3.17. The first kappa shape index (κ1) is 18.2. The van der Waals surface area contributed by atoms with Crippen LogP contribution < -0.4 is 0 Å². The van der Waals surface area contributed by atoms with Gasteiger partial charge in [-0.1, -0.05) is 73.8 Å². The summed E-state index contributed by atoms with van der Waals surface area (Å²) in [6.07, 6.45) is 0. The molecule has 0 spiro atoms. The number of allylic oxidation sites excluding steroid dienone is 1. The molecule has 0 aliphatic rings. The van der Waals surface area contributed by atoms with Gasteiger partial charge < -0.3 is 5.11 Å². The maximum Gasteiger partial charge on any atom is 0.124 e. The van der Waals surface area contributed by atoms with Gasteiger partial charge in [0.25, 0.3) is 0 Å². The molecule has 2 nitrogen and oxygen atoms in total. The third kappa shape index (κ3) is 2.94. The maximum atomic E-state index is 13.3. The van der Waals surface area contributed by atoms with Crippen molar-refractivity contribution in [3.63, 3.8) is 0 Å². The first-order chi connectivity index (χ1) is 13.5. The highest BCUT2D eigenvalue weighted by molar-refractivity contribution is 7.89. The summed E-state index contributed by atoms with van der Waals surface area (Å²) >= 11 is 0. The lowest BCUT2D eigenvalue weighted by atomic mass is 9.93. The minimum absolute atomic E-state index is 0.161. The second kappa shape index (κ2) is 7.10. The topological polar surface area (TPSA) is 37.3 Å². The number of hydrogen-bond donors (Lipinski definition) is 1. The van der Waals surface area contributed by atoms with E-state index in [2.05, 4.69) is 13.2 Å². The fourth-order valence-electron chi connectivity index (χ4n) is 3.48. The van der Waals surface area contributed by atoms with Crippen molar-refractivity contribution in [2.24, 2.45) is 0 Å². The largest absolute Gasteiger partial charge is 0.507 e. The number of hydrogen-bond acceptors (Lipinski definition) is 2. The second-order valence-electron chi connectivity index (χ2n) is 6.81. The third-order valence-corrected chi connectivity index (χ3v) is 6.48. The number of phenolic OH excluding ortho intramolecular Hbond substituents is 1. The Labute approximate surface area is 166 Å². The molecule has 4 rings (SSSR count). The van der Waals surface area contributed by atoms with Crippen LogP contribution in [0.2, 0.25) is 0 Å². The van der Waals surface area contributed by atoms with E-state index in [4.69, 9.17) is 0 Å². The van der Waals surface area contributed by atoms with E-state index in [1.165, 1.54) is 0 Å². The SMILES string of the molecule is C=C(C)C(=C)S(=O)c1ccc2ccccc2c1-c1c(O)ccc2ccccc12. The maximum absolute atomic E-state index is 13.3. The fraction of sp³-hybridized carbons (Fsp3) is 0.0400. The van der Waals surface area contributed by atoms with E-state index in [1.54, 1.807) is 13.0 Å². The van der Waals surface area contributed by atoms with Crippen LogP contribution in [0.4, 0.5) is 0 Å². The number of fused-ring (bicyclic) bond motifs is 2. The van der Waals surface area contributed by atoms with E-state index in [-0.39, 0.29) is 5.75 Å². The van der Waals surface area contributed by atoms with E-state index in [0.717, 1.165) is 27.1 Å². The summed E-state index contributed by atoms with van der Waals surface area (Å²) in [5.74, 6) is 0.161. The zero-order chi connectivity index (χ0) is 19.8. The molecule has 0 aliphatic heterocycles. The minimum atomic E-state index is -1.48. The molecule has 0 aromatic heterocycles. The van der Waals surface area contributed by atoms with Crippen LogP contribution in [0.25, 0.3) is 32.7 Å². The van der Waals surface area contributed by atoms with E-state index in [0.29, 0.717) is 20.9 Å². The predicted octanol–water partition coefficient (Wildman–Crippen LogP) is 6.56. The molecule has 4 aromatic rings. The van der Waals surface area contributed by atoms with Gasteiger partial charge in [0.1, 0.15) is 5.75 Å². The lowest BCUT2D eigenvalue weighted by Gasteiger charge is -2.17. The summed E-state index contributed by atoms with van der Waals surface area (Å²) in [5.41, 5.74) is 2.14. The van der Waals surface area contributed by atoms with E-state index in [9.17, 15) is 9.32 Å². The molecule has 1 atom stereocenters. The van der Waals surface area contributed by atoms with Gasteiger partial charge >= 0.3 is 0 Å². The molecular weight excluding hydrogens is 364 g/mol. The average molecular weight is 385 g/mol. The summed E-state index contributed by atoms with van der Waals surface area (Å²) in [7, 11) is -1.48. The van der Waals surface area contributed by atoms with Crippen LogP contribution in [0.1, 0.15) is 6.92 Å². The predicted molar refractivity (Wildman–Crippen MR) is 119 cm³/mol. The molecular formula is C25H20O2S. The summed E-state index contributed by atoms with van der Waals surface area (Å²) in [5, 5.41) is 14.7. The van der Waals surface area contributed by atoms with Gasteiger partial charge in [0.15, 0.2) is 0 Å². The fourth-order valence-corrected chi connectivity index (χ4v) is 4.65. The zero-order valence-electron chi connectivity index (χ0n) is 15.6. The highest BCUT2D eigenvalue weighted by Crippen LogP contribution is 2.43. The minimum Gasteiger partial charge on any atom is -0.507 e. The molecule has 4 aromatic carbocycles. The summed E-state index contributed by atoms with van der Waals surface area (Å²) in [4.78, 5) is 1.11. The highest BCUT2D eigenvalue weighted by Gasteiger charge is 2.21. The molecule has 0 saturated heterocycles. The van der Waals surface area contributed by atoms with Gasteiger partial charge in [-0.15, -0.1) is 0 Å². The summed E-state index contributed by atoms with van der Waals surface area (Å²) in [6, 6.07) is 23.2. The number of rotatable bonds is 4. The van der Waals surface area contributed by atoms with Gasteiger partial charge in [-0.2, -0.15) is 0 Å². The summed E-state index contributed by atoms with van der Waals surface area (Å²) in [6.45, 7) is 9.66. The molecule has 0 amide bonds. The Kier molecular flexibility index (Phi) is 4.62. The van der Waals surface area contributed by atoms with Crippen LogP contribution in [0.5, 0.6) is 5.75 Å². The van der Waals surface area contributed by atoms with Crippen molar-refractivity contribution < 1.29 is 9.32 Å². The first-order valence-electron chi connectivity index (χ1n) is 8.98. The molecule has 0 heterocycles. The van der Waals surface area contributed by atoms with E-state index in [1.807, 2.05) is 66.7 Å². The van der Waals surface area contributed by atoms with Gasteiger partial charge in [-0.25, -0.2) is 4.21 Å². The molecule has 0 aliphatic carbocycles. The second-order valence-corrected chi connectivity index (χ2v) is 8.28. The van der Waals surface area contributed by atoms with Gasteiger partial charge in [0.2, 0.25) is 0 Å². The Morgan fingerprint density at radius 3 is 1.93 bits per heavy atom. The van der Waals surface area contributed by atoms with Gasteiger partial charge in [-0.05, 0) is 46.2 Å². The Balaban J connectivity index is 2.16. The number of aromatic hydroxyl groups is 1. The van der Waals surface area contributed by atoms with Crippen molar-refractivity contribution >= 4 is 32.3 Å². The third-order valence-electron chi connectivity index (χ3n) is 4.95. The molecule has 0 fully saturated rings. The van der Waals surface area contributed by atoms with Gasteiger partial charge in [-0.3, -0.25) is 0 Å². The van der Waals surface area contributed by atoms with Crippen molar-refractivity contribution in [1.82, 2.24) is 0 Å². The van der Waals surface area contributed by atoms with Gasteiger partial charge in [0.05, 0.1) is 15.7 Å².